The third kappa shape index (κ3) is 4.18. The smallest absolute Gasteiger partial charge is 0.272 e. The molecule has 0 saturated heterocycles. The molecule has 0 unspecified atom stereocenters. The van der Waals surface area contributed by atoms with Gasteiger partial charge in [-0.2, -0.15) is 5.10 Å². The quantitative estimate of drug-likeness (QED) is 0.499. The van der Waals surface area contributed by atoms with Crippen molar-refractivity contribution in [3.05, 3.63) is 100 Å². The number of nitrogens with one attached hydrogen (secondary N) is 1. The Morgan fingerprint density at radius 3 is 2.50 bits per heavy atom. The summed E-state index contributed by atoms with van der Waals surface area (Å²) < 4.78 is 1.81. The van der Waals surface area contributed by atoms with Crippen molar-refractivity contribution >= 4 is 34.3 Å². The Morgan fingerprint density at radius 2 is 1.73 bits per heavy atom. The summed E-state index contributed by atoms with van der Waals surface area (Å²) in [6, 6.07) is 22.0. The third-order valence-electron chi connectivity index (χ3n) is 4.78. The van der Waals surface area contributed by atoms with Crippen LogP contribution in [0.1, 0.15) is 32.0 Å². The molecule has 6 nitrogen and oxygen atoms in total. The van der Waals surface area contributed by atoms with E-state index in [1.54, 1.807) is 22.9 Å². The lowest BCUT2D eigenvalue weighted by atomic mass is 10.1. The van der Waals surface area contributed by atoms with E-state index in [1.165, 1.54) is 0 Å². The van der Waals surface area contributed by atoms with Gasteiger partial charge in [0.2, 0.25) is 5.91 Å². The number of fused-ring (bicyclic) bond motifs is 1. The van der Waals surface area contributed by atoms with Gasteiger partial charge in [-0.05, 0) is 41.5 Å². The molecule has 0 spiro atoms. The minimum atomic E-state index is -0.505. The van der Waals surface area contributed by atoms with Crippen LogP contribution in [-0.4, -0.2) is 21.6 Å². The van der Waals surface area contributed by atoms with Crippen LogP contribution in [0.3, 0.4) is 0 Å². The monoisotopic (exact) mass is 418 g/mol. The molecule has 3 N–H and O–H groups in total. The number of nitrogens with zero attached hydrogens (tertiary/aromatic N) is 2. The number of halogens is 1. The number of aromatic nitrogens is 2. The summed E-state index contributed by atoms with van der Waals surface area (Å²) >= 11 is 5.97. The zero-order valence-electron chi connectivity index (χ0n) is 16.0. The van der Waals surface area contributed by atoms with Crippen LogP contribution in [0, 0.1) is 0 Å². The lowest BCUT2D eigenvalue weighted by Gasteiger charge is -2.05. The van der Waals surface area contributed by atoms with E-state index in [0.717, 1.165) is 22.0 Å². The van der Waals surface area contributed by atoms with Crippen LogP contribution in [0.25, 0.3) is 10.9 Å². The molecule has 0 fully saturated rings. The highest BCUT2D eigenvalue weighted by atomic mass is 35.5. The highest BCUT2D eigenvalue weighted by molar-refractivity contribution is 6.30. The van der Waals surface area contributed by atoms with Gasteiger partial charge in [-0.1, -0.05) is 54.1 Å². The maximum atomic E-state index is 12.9. The van der Waals surface area contributed by atoms with E-state index in [4.69, 9.17) is 17.3 Å². The maximum absolute atomic E-state index is 12.9. The normalized spacial score (nSPS) is 10.8. The molecule has 4 aromatic rings. The first-order chi connectivity index (χ1) is 14.5. The average Bonchev–Trinajstić information content (AvgIpc) is 3.12. The van der Waals surface area contributed by atoms with Crippen molar-refractivity contribution in [2.24, 2.45) is 5.73 Å². The minimum Gasteiger partial charge on any atom is -0.366 e. The van der Waals surface area contributed by atoms with Crippen LogP contribution in [0.5, 0.6) is 0 Å². The number of nitrogens with two attached hydrogens (primary N) is 1. The highest BCUT2D eigenvalue weighted by Gasteiger charge is 2.17. The first kappa shape index (κ1) is 19.7. The van der Waals surface area contributed by atoms with Crippen LogP contribution in [0.4, 0.5) is 0 Å². The average molecular weight is 419 g/mol. The maximum Gasteiger partial charge on any atom is 0.272 e. The van der Waals surface area contributed by atoms with Gasteiger partial charge in [0.05, 0.1) is 12.1 Å². The van der Waals surface area contributed by atoms with Crippen molar-refractivity contribution < 1.29 is 9.59 Å². The number of carbonyl (C=O) groups is 2. The van der Waals surface area contributed by atoms with Crippen molar-refractivity contribution in [2.45, 2.75) is 13.1 Å². The van der Waals surface area contributed by atoms with E-state index in [9.17, 15) is 9.59 Å². The fourth-order valence-electron chi connectivity index (χ4n) is 3.28. The standard InChI is InChI=1S/C23H19ClN4O2/c24-18-10-8-15(9-11-18)14-28-20-7-2-1-6-19(20)21(27-28)23(30)26-13-16-4-3-5-17(12-16)22(25)29/h1-12H,13-14H2,(H2,25,29)(H,26,30). The fourth-order valence-corrected chi connectivity index (χ4v) is 3.41. The topological polar surface area (TPSA) is 90.0 Å². The molecule has 3 aromatic carbocycles. The molecule has 1 aromatic heterocycles. The van der Waals surface area contributed by atoms with Gasteiger partial charge < -0.3 is 11.1 Å². The minimum absolute atomic E-state index is 0.262. The number of benzene rings is 3. The Kier molecular flexibility index (Phi) is 5.50. The van der Waals surface area contributed by atoms with Gasteiger partial charge >= 0.3 is 0 Å². The van der Waals surface area contributed by atoms with Crippen LogP contribution < -0.4 is 11.1 Å². The molecular formula is C23H19ClN4O2. The van der Waals surface area contributed by atoms with Gasteiger partial charge in [0, 0.05) is 22.5 Å². The summed E-state index contributed by atoms with van der Waals surface area (Å²) in [6.45, 7) is 0.782. The molecule has 0 atom stereocenters. The molecule has 7 heteroatoms. The number of hydrogen-bond acceptors (Lipinski definition) is 3. The highest BCUT2D eigenvalue weighted by Crippen LogP contribution is 2.20. The van der Waals surface area contributed by atoms with Crippen molar-refractivity contribution in [3.8, 4) is 0 Å². The van der Waals surface area contributed by atoms with Crippen LogP contribution in [0.2, 0.25) is 5.02 Å². The number of para-hydroxylation sites is 1. The molecule has 0 radical (unpaired) electrons. The predicted molar refractivity (Wildman–Crippen MR) is 116 cm³/mol. The zero-order valence-corrected chi connectivity index (χ0v) is 16.8. The van der Waals surface area contributed by atoms with Gasteiger partial charge in [-0.25, -0.2) is 0 Å². The van der Waals surface area contributed by atoms with Crippen molar-refractivity contribution in [2.75, 3.05) is 0 Å². The molecule has 150 valence electrons. The second kappa shape index (κ2) is 8.39. The third-order valence-corrected chi connectivity index (χ3v) is 5.04. The largest absolute Gasteiger partial charge is 0.366 e. The molecule has 0 aliphatic rings. The van der Waals surface area contributed by atoms with Gasteiger partial charge in [0.15, 0.2) is 5.69 Å². The number of rotatable bonds is 6. The summed E-state index contributed by atoms with van der Waals surface area (Å²) in [7, 11) is 0. The zero-order chi connectivity index (χ0) is 21.1. The Labute approximate surface area is 178 Å². The first-order valence-electron chi connectivity index (χ1n) is 9.38. The van der Waals surface area contributed by atoms with Gasteiger partial charge in [-0.3, -0.25) is 14.3 Å². The lowest BCUT2D eigenvalue weighted by Crippen LogP contribution is -2.24. The van der Waals surface area contributed by atoms with E-state index in [2.05, 4.69) is 10.4 Å². The van der Waals surface area contributed by atoms with Crippen LogP contribution in [0.15, 0.2) is 72.8 Å². The molecular weight excluding hydrogens is 400 g/mol. The summed E-state index contributed by atoms with van der Waals surface area (Å²) in [4.78, 5) is 24.2. The van der Waals surface area contributed by atoms with Crippen LogP contribution >= 0.6 is 11.6 Å². The van der Waals surface area contributed by atoms with Crippen molar-refractivity contribution in [3.63, 3.8) is 0 Å². The van der Waals surface area contributed by atoms with E-state index in [-0.39, 0.29) is 12.5 Å². The second-order valence-electron chi connectivity index (χ2n) is 6.90. The summed E-state index contributed by atoms with van der Waals surface area (Å²) in [5.41, 5.74) is 8.76. The molecule has 4 rings (SSSR count). The molecule has 30 heavy (non-hydrogen) atoms. The van der Waals surface area contributed by atoms with E-state index in [0.29, 0.717) is 22.8 Å². The number of primary amides is 1. The summed E-state index contributed by atoms with van der Waals surface area (Å²) in [5.74, 6) is -0.791. The van der Waals surface area contributed by atoms with E-state index >= 15 is 0 Å². The van der Waals surface area contributed by atoms with Gasteiger partial charge in [0.25, 0.3) is 5.91 Å². The summed E-state index contributed by atoms with van der Waals surface area (Å²) in [6.07, 6.45) is 0. The second-order valence-corrected chi connectivity index (χ2v) is 7.33. The Bertz CT molecular complexity index is 1230. The molecule has 0 bridgehead atoms. The van der Waals surface area contributed by atoms with Crippen molar-refractivity contribution in [1.82, 2.24) is 15.1 Å². The number of carbonyl (C=O) groups excluding carboxylic acids is 2. The molecule has 1 heterocycles. The molecule has 0 aliphatic heterocycles. The predicted octanol–water partition coefficient (Wildman–Crippen LogP) is 3.77. The molecule has 0 aliphatic carbocycles. The molecule has 2 amide bonds. The SMILES string of the molecule is NC(=O)c1cccc(CNC(=O)c2nn(Cc3ccc(Cl)cc3)c3ccccc23)c1. The Hall–Kier alpha value is -3.64. The Balaban J connectivity index is 1.57. The fraction of sp³-hybridized carbons (Fsp3) is 0.0870. The Morgan fingerprint density at radius 1 is 0.967 bits per heavy atom. The summed E-state index contributed by atoms with van der Waals surface area (Å²) in [5, 5.41) is 8.88. The van der Waals surface area contributed by atoms with Gasteiger partial charge in [0.1, 0.15) is 0 Å². The molecule has 0 saturated carbocycles. The first-order valence-corrected chi connectivity index (χ1v) is 9.76. The lowest BCUT2D eigenvalue weighted by molar-refractivity contribution is 0.0946. The van der Waals surface area contributed by atoms with Crippen LogP contribution in [-0.2, 0) is 13.1 Å². The number of hydrogen-bond donors (Lipinski definition) is 2. The van der Waals surface area contributed by atoms with Crippen molar-refractivity contribution in [1.29, 1.82) is 0 Å². The number of amides is 2. The van der Waals surface area contributed by atoms with E-state index in [1.807, 2.05) is 54.6 Å². The van der Waals surface area contributed by atoms with E-state index < -0.39 is 5.91 Å². The van der Waals surface area contributed by atoms with Gasteiger partial charge in [-0.15, -0.1) is 0 Å².